The van der Waals surface area contributed by atoms with Crippen molar-refractivity contribution in [3.05, 3.63) is 0 Å². The molecule has 1 unspecified atom stereocenters. The average Bonchev–Trinajstić information content (AvgIpc) is 1.88. The zero-order chi connectivity index (χ0) is 7.56. The molecule has 1 heterocycles. The van der Waals surface area contributed by atoms with Crippen LogP contribution in [0.25, 0.3) is 0 Å². The Morgan fingerprint density at radius 1 is 1.70 bits per heavy atom. The first kappa shape index (κ1) is 7.98. The second kappa shape index (κ2) is 3.32. The summed E-state index contributed by atoms with van der Waals surface area (Å²) in [5, 5.41) is 12.5. The van der Waals surface area contributed by atoms with Crippen LogP contribution in [0.4, 0.5) is 0 Å². The van der Waals surface area contributed by atoms with E-state index in [1.807, 2.05) is 6.92 Å². The molecule has 0 aromatic heterocycles. The van der Waals surface area contributed by atoms with Crippen molar-refractivity contribution < 1.29 is 5.11 Å². The van der Waals surface area contributed by atoms with Crippen LogP contribution in [0.2, 0.25) is 0 Å². The van der Waals surface area contributed by atoms with Crippen LogP contribution in [0.5, 0.6) is 0 Å². The van der Waals surface area contributed by atoms with Gasteiger partial charge < -0.3 is 15.3 Å². The van der Waals surface area contributed by atoms with E-state index in [9.17, 15) is 5.11 Å². The molecule has 0 saturated carbocycles. The van der Waals surface area contributed by atoms with Gasteiger partial charge in [-0.3, -0.25) is 0 Å². The molecule has 0 aromatic carbocycles. The highest BCUT2D eigenvalue weighted by Crippen LogP contribution is 1.99. The fourth-order valence-electron chi connectivity index (χ4n) is 1.26. The molecule has 1 aliphatic rings. The number of rotatable bonds is 1. The first-order valence-corrected chi connectivity index (χ1v) is 3.80. The molecule has 0 spiro atoms. The minimum absolute atomic E-state index is 0.234. The Labute approximate surface area is 62.0 Å². The number of aliphatic hydroxyl groups excluding tert-OH is 1. The van der Waals surface area contributed by atoms with Gasteiger partial charge in [-0.25, -0.2) is 0 Å². The van der Waals surface area contributed by atoms with Gasteiger partial charge in [-0.15, -0.1) is 0 Å². The Hall–Kier alpha value is -0.120. The largest absolute Gasteiger partial charge is 0.392 e. The van der Waals surface area contributed by atoms with Gasteiger partial charge in [0, 0.05) is 25.7 Å². The van der Waals surface area contributed by atoms with Crippen molar-refractivity contribution in [3.8, 4) is 0 Å². The van der Waals surface area contributed by atoms with Gasteiger partial charge in [0.1, 0.15) is 0 Å². The van der Waals surface area contributed by atoms with E-state index in [1.165, 1.54) is 0 Å². The van der Waals surface area contributed by atoms with Crippen molar-refractivity contribution in [2.75, 3.05) is 26.7 Å². The lowest BCUT2D eigenvalue weighted by Gasteiger charge is -2.32. The molecular formula is C7H16N2O. The summed E-state index contributed by atoms with van der Waals surface area (Å²) >= 11 is 0. The second-order valence-electron chi connectivity index (χ2n) is 3.06. The summed E-state index contributed by atoms with van der Waals surface area (Å²) in [4.78, 5) is 2.23. The van der Waals surface area contributed by atoms with E-state index >= 15 is 0 Å². The molecule has 1 saturated heterocycles. The highest BCUT2D eigenvalue weighted by molar-refractivity contribution is 4.80. The molecule has 3 heteroatoms. The number of hydrogen-bond acceptors (Lipinski definition) is 3. The fourth-order valence-corrected chi connectivity index (χ4v) is 1.26. The minimum Gasteiger partial charge on any atom is -0.392 e. The van der Waals surface area contributed by atoms with Crippen LogP contribution in [0, 0.1) is 0 Å². The molecule has 0 aromatic rings. The van der Waals surface area contributed by atoms with E-state index in [1.54, 1.807) is 0 Å². The number of aliphatic hydroxyl groups is 1. The number of nitrogens with zero attached hydrogens (tertiary/aromatic N) is 1. The summed E-state index contributed by atoms with van der Waals surface area (Å²) < 4.78 is 0. The third-order valence-corrected chi connectivity index (χ3v) is 1.99. The zero-order valence-electron chi connectivity index (χ0n) is 6.67. The van der Waals surface area contributed by atoms with Gasteiger partial charge in [-0.05, 0) is 14.0 Å². The molecule has 2 atom stereocenters. The van der Waals surface area contributed by atoms with Crippen LogP contribution in [-0.4, -0.2) is 48.8 Å². The Kier molecular flexibility index (Phi) is 2.65. The fraction of sp³-hybridized carbons (Fsp3) is 1.00. The van der Waals surface area contributed by atoms with Crippen molar-refractivity contribution >= 4 is 0 Å². The molecule has 60 valence electrons. The summed E-state index contributed by atoms with van der Waals surface area (Å²) in [6.45, 7) is 4.86. The van der Waals surface area contributed by atoms with Crippen molar-refractivity contribution in [2.45, 2.75) is 19.1 Å². The Morgan fingerprint density at radius 3 is 2.80 bits per heavy atom. The summed E-state index contributed by atoms with van der Waals surface area (Å²) in [6.07, 6.45) is -0.234. The van der Waals surface area contributed by atoms with Crippen LogP contribution in [-0.2, 0) is 0 Å². The maximum atomic E-state index is 9.21. The molecule has 0 bridgehead atoms. The molecule has 0 aliphatic carbocycles. The Balaban J connectivity index is 2.32. The zero-order valence-corrected chi connectivity index (χ0v) is 6.67. The summed E-state index contributed by atoms with van der Waals surface area (Å²) in [7, 11) is 2.08. The molecule has 0 amide bonds. The van der Waals surface area contributed by atoms with Crippen molar-refractivity contribution in [3.63, 3.8) is 0 Å². The first-order valence-electron chi connectivity index (χ1n) is 3.80. The predicted octanol–water partition coefficient (Wildman–Crippen LogP) is -0.729. The number of hydrogen-bond donors (Lipinski definition) is 2. The lowest BCUT2D eigenvalue weighted by molar-refractivity contribution is 0.102. The quantitative estimate of drug-likeness (QED) is 0.509. The molecule has 2 N–H and O–H groups in total. The third kappa shape index (κ3) is 1.94. The number of nitrogens with one attached hydrogen (secondary N) is 1. The number of piperazine rings is 1. The normalized spacial score (nSPS) is 32.1. The summed E-state index contributed by atoms with van der Waals surface area (Å²) in [5.41, 5.74) is 0. The molecular weight excluding hydrogens is 128 g/mol. The first-order chi connectivity index (χ1) is 4.70. The van der Waals surface area contributed by atoms with Crippen molar-refractivity contribution in [1.82, 2.24) is 10.2 Å². The van der Waals surface area contributed by atoms with E-state index in [0.717, 1.165) is 19.6 Å². The molecule has 0 radical (unpaired) electrons. The molecule has 10 heavy (non-hydrogen) atoms. The van der Waals surface area contributed by atoms with Crippen LogP contribution in [0.1, 0.15) is 6.92 Å². The van der Waals surface area contributed by atoms with Gasteiger partial charge in [0.25, 0.3) is 0 Å². The van der Waals surface area contributed by atoms with Gasteiger partial charge in [0.05, 0.1) is 6.10 Å². The molecule has 3 nitrogen and oxygen atoms in total. The maximum Gasteiger partial charge on any atom is 0.0677 e. The van der Waals surface area contributed by atoms with Gasteiger partial charge in [-0.2, -0.15) is 0 Å². The van der Waals surface area contributed by atoms with E-state index in [-0.39, 0.29) is 12.1 Å². The molecule has 1 aliphatic heterocycles. The SMILES string of the molecule is CC(O)[C@@H]1CN(C)CCN1. The van der Waals surface area contributed by atoms with Crippen LogP contribution in [0.15, 0.2) is 0 Å². The Bertz CT molecular complexity index is 106. The lowest BCUT2D eigenvalue weighted by Crippen LogP contribution is -2.53. The maximum absolute atomic E-state index is 9.21. The van der Waals surface area contributed by atoms with Crippen molar-refractivity contribution in [1.29, 1.82) is 0 Å². The highest BCUT2D eigenvalue weighted by Gasteiger charge is 2.19. The Morgan fingerprint density at radius 2 is 2.40 bits per heavy atom. The van der Waals surface area contributed by atoms with Crippen LogP contribution >= 0.6 is 0 Å². The third-order valence-electron chi connectivity index (χ3n) is 1.99. The van der Waals surface area contributed by atoms with E-state index < -0.39 is 0 Å². The lowest BCUT2D eigenvalue weighted by atomic mass is 10.1. The summed E-state index contributed by atoms with van der Waals surface area (Å²) in [5.74, 6) is 0. The van der Waals surface area contributed by atoms with Crippen LogP contribution < -0.4 is 5.32 Å². The van der Waals surface area contributed by atoms with E-state index in [0.29, 0.717) is 0 Å². The van der Waals surface area contributed by atoms with E-state index in [2.05, 4.69) is 17.3 Å². The average molecular weight is 144 g/mol. The monoisotopic (exact) mass is 144 g/mol. The highest BCUT2D eigenvalue weighted by atomic mass is 16.3. The topological polar surface area (TPSA) is 35.5 Å². The van der Waals surface area contributed by atoms with Gasteiger partial charge >= 0.3 is 0 Å². The predicted molar refractivity (Wildman–Crippen MR) is 41.0 cm³/mol. The second-order valence-corrected chi connectivity index (χ2v) is 3.06. The summed E-state index contributed by atoms with van der Waals surface area (Å²) in [6, 6.07) is 0.263. The van der Waals surface area contributed by atoms with Gasteiger partial charge in [0.2, 0.25) is 0 Å². The standard InChI is InChI=1S/C7H16N2O/c1-6(10)7-5-9(2)4-3-8-7/h6-8,10H,3-5H2,1-2H3/t6?,7-/m0/s1. The smallest absolute Gasteiger partial charge is 0.0677 e. The van der Waals surface area contributed by atoms with Crippen LogP contribution in [0.3, 0.4) is 0 Å². The van der Waals surface area contributed by atoms with Crippen molar-refractivity contribution in [2.24, 2.45) is 0 Å². The molecule has 1 fully saturated rings. The molecule has 1 rings (SSSR count). The van der Waals surface area contributed by atoms with E-state index in [4.69, 9.17) is 0 Å². The van der Waals surface area contributed by atoms with Gasteiger partial charge in [-0.1, -0.05) is 0 Å². The van der Waals surface area contributed by atoms with Gasteiger partial charge in [0.15, 0.2) is 0 Å². The minimum atomic E-state index is -0.234. The number of likely N-dealkylation sites (N-methyl/N-ethyl adjacent to an activating group) is 1.